The number of alkyl halides is 1. The first-order chi connectivity index (χ1) is 6.81. The van der Waals surface area contributed by atoms with E-state index in [1.54, 1.807) is 6.07 Å². The number of hydrogen-bond donors (Lipinski definition) is 1. The highest BCUT2D eigenvalue weighted by molar-refractivity contribution is 5.39. The number of aliphatic hydroxyl groups excluding tert-OH is 1. The van der Waals surface area contributed by atoms with Crippen LogP contribution in [0.1, 0.15) is 23.7 Å². The highest BCUT2D eigenvalue weighted by Gasteiger charge is 2.20. The van der Waals surface area contributed by atoms with Crippen molar-refractivity contribution in [3.63, 3.8) is 0 Å². The van der Waals surface area contributed by atoms with Gasteiger partial charge in [0.15, 0.2) is 0 Å². The molecule has 0 heterocycles. The molecule has 2 rings (SSSR count). The van der Waals surface area contributed by atoms with Crippen molar-refractivity contribution in [3.05, 3.63) is 29.3 Å². The largest absolute Gasteiger partial charge is 0.491 e. The molecule has 0 bridgehead atoms. The summed E-state index contributed by atoms with van der Waals surface area (Å²) in [7, 11) is 0. The fourth-order valence-corrected chi connectivity index (χ4v) is 1.82. The molecule has 1 aliphatic carbocycles. The molecule has 0 aromatic heterocycles. The van der Waals surface area contributed by atoms with E-state index in [1.807, 2.05) is 12.1 Å². The molecule has 0 radical (unpaired) electrons. The van der Waals surface area contributed by atoms with Crippen LogP contribution in [0.25, 0.3) is 0 Å². The van der Waals surface area contributed by atoms with Gasteiger partial charge in [-0.1, -0.05) is 6.07 Å². The van der Waals surface area contributed by atoms with E-state index >= 15 is 0 Å². The fourth-order valence-electron chi connectivity index (χ4n) is 1.82. The summed E-state index contributed by atoms with van der Waals surface area (Å²) in [5.74, 6) is 0.690. The smallest absolute Gasteiger partial charge is 0.123 e. The van der Waals surface area contributed by atoms with Crippen LogP contribution in [0, 0.1) is 0 Å². The Labute approximate surface area is 82.3 Å². The number of aryl methyl sites for hydroxylation is 1. The maximum Gasteiger partial charge on any atom is 0.123 e. The third-order valence-electron chi connectivity index (χ3n) is 2.51. The van der Waals surface area contributed by atoms with E-state index in [-0.39, 0.29) is 12.7 Å². The van der Waals surface area contributed by atoms with Crippen molar-refractivity contribution in [2.45, 2.75) is 18.9 Å². The highest BCUT2D eigenvalue weighted by Crippen LogP contribution is 2.33. The van der Waals surface area contributed by atoms with Crippen molar-refractivity contribution < 1.29 is 14.2 Å². The topological polar surface area (TPSA) is 29.5 Å². The van der Waals surface area contributed by atoms with Gasteiger partial charge in [0.2, 0.25) is 0 Å². The lowest BCUT2D eigenvalue weighted by atomic mass is 10.1. The minimum atomic E-state index is -0.473. The summed E-state index contributed by atoms with van der Waals surface area (Å²) < 4.78 is 17.0. The molecule has 1 atom stereocenters. The second-order valence-corrected chi connectivity index (χ2v) is 3.45. The number of ether oxygens (including phenoxy) is 1. The molecule has 0 aliphatic heterocycles. The van der Waals surface area contributed by atoms with E-state index in [1.165, 1.54) is 0 Å². The molecule has 14 heavy (non-hydrogen) atoms. The maximum absolute atomic E-state index is 11.8. The van der Waals surface area contributed by atoms with Crippen molar-refractivity contribution in [2.75, 3.05) is 13.3 Å². The summed E-state index contributed by atoms with van der Waals surface area (Å²) in [5, 5.41) is 9.55. The Hall–Kier alpha value is -1.09. The fraction of sp³-hybridized carbons (Fsp3) is 0.455. The second-order valence-electron chi connectivity index (χ2n) is 3.45. The van der Waals surface area contributed by atoms with Gasteiger partial charge in [-0.2, -0.15) is 0 Å². The number of benzene rings is 1. The average molecular weight is 196 g/mol. The van der Waals surface area contributed by atoms with Crippen LogP contribution in [-0.2, 0) is 6.42 Å². The predicted molar refractivity (Wildman–Crippen MR) is 51.2 cm³/mol. The van der Waals surface area contributed by atoms with Crippen molar-refractivity contribution in [3.8, 4) is 5.75 Å². The van der Waals surface area contributed by atoms with Crippen molar-refractivity contribution in [1.82, 2.24) is 0 Å². The van der Waals surface area contributed by atoms with Gasteiger partial charge in [-0.25, -0.2) is 4.39 Å². The molecule has 0 saturated heterocycles. The van der Waals surface area contributed by atoms with Gasteiger partial charge in [-0.3, -0.25) is 0 Å². The maximum atomic E-state index is 11.8. The van der Waals surface area contributed by atoms with Gasteiger partial charge in [-0.05, 0) is 36.1 Å². The van der Waals surface area contributed by atoms with Crippen LogP contribution in [0.3, 0.4) is 0 Å². The van der Waals surface area contributed by atoms with Gasteiger partial charge >= 0.3 is 0 Å². The van der Waals surface area contributed by atoms with Gasteiger partial charge < -0.3 is 9.84 Å². The summed E-state index contributed by atoms with van der Waals surface area (Å²) in [5.41, 5.74) is 2.10. The molecule has 0 amide bonds. The van der Waals surface area contributed by atoms with Crippen molar-refractivity contribution in [2.24, 2.45) is 0 Å². The van der Waals surface area contributed by atoms with Crippen LogP contribution in [0.15, 0.2) is 18.2 Å². The first-order valence-electron chi connectivity index (χ1n) is 4.81. The van der Waals surface area contributed by atoms with Gasteiger partial charge in [0.1, 0.15) is 19.0 Å². The molecule has 0 spiro atoms. The van der Waals surface area contributed by atoms with Crippen LogP contribution < -0.4 is 4.74 Å². The zero-order chi connectivity index (χ0) is 9.97. The summed E-state index contributed by atoms with van der Waals surface area (Å²) in [4.78, 5) is 0. The van der Waals surface area contributed by atoms with Crippen LogP contribution >= 0.6 is 0 Å². The molecule has 1 aromatic carbocycles. The normalized spacial score (nSPS) is 19.4. The second kappa shape index (κ2) is 3.96. The standard InChI is InChI=1S/C11H13FO2/c12-5-6-14-9-2-3-10-8(7-9)1-4-11(10)13/h2-3,7,11,13H,1,4-6H2/t11-/m1/s1. The molecule has 1 aliphatic rings. The zero-order valence-electron chi connectivity index (χ0n) is 7.87. The number of rotatable bonds is 3. The Bertz CT molecular complexity index is 325. The number of halogens is 1. The van der Waals surface area contributed by atoms with E-state index in [0.717, 1.165) is 24.0 Å². The molecule has 76 valence electrons. The Morgan fingerprint density at radius 3 is 3.14 bits per heavy atom. The van der Waals surface area contributed by atoms with Crippen molar-refractivity contribution >= 4 is 0 Å². The van der Waals surface area contributed by atoms with Gasteiger partial charge in [-0.15, -0.1) is 0 Å². The zero-order valence-corrected chi connectivity index (χ0v) is 7.87. The van der Waals surface area contributed by atoms with Gasteiger partial charge in [0, 0.05) is 0 Å². The van der Waals surface area contributed by atoms with Crippen LogP contribution in [0.4, 0.5) is 4.39 Å². The summed E-state index contributed by atoms with van der Waals surface area (Å²) in [6, 6.07) is 5.53. The Morgan fingerprint density at radius 1 is 1.50 bits per heavy atom. The van der Waals surface area contributed by atoms with E-state index < -0.39 is 6.67 Å². The number of fused-ring (bicyclic) bond motifs is 1. The highest BCUT2D eigenvalue weighted by atomic mass is 19.1. The lowest BCUT2D eigenvalue weighted by molar-refractivity contribution is 0.180. The lowest BCUT2D eigenvalue weighted by Crippen LogP contribution is -1.99. The van der Waals surface area contributed by atoms with Gasteiger partial charge in [0.25, 0.3) is 0 Å². The van der Waals surface area contributed by atoms with Crippen LogP contribution in [0.2, 0.25) is 0 Å². The Morgan fingerprint density at radius 2 is 2.36 bits per heavy atom. The molecule has 2 nitrogen and oxygen atoms in total. The molecular formula is C11H13FO2. The van der Waals surface area contributed by atoms with E-state index in [0.29, 0.717) is 5.75 Å². The quantitative estimate of drug-likeness (QED) is 0.801. The lowest BCUT2D eigenvalue weighted by Gasteiger charge is -2.07. The molecular weight excluding hydrogens is 183 g/mol. The third kappa shape index (κ3) is 1.73. The van der Waals surface area contributed by atoms with Crippen molar-refractivity contribution in [1.29, 1.82) is 0 Å². The van der Waals surface area contributed by atoms with E-state index in [9.17, 15) is 9.50 Å². The SMILES string of the molecule is O[C@@H]1CCc2cc(OCCF)ccc21. The Balaban J connectivity index is 2.15. The first-order valence-corrected chi connectivity index (χ1v) is 4.81. The molecule has 0 saturated carbocycles. The number of aliphatic hydroxyl groups is 1. The van der Waals surface area contributed by atoms with Gasteiger partial charge in [0.05, 0.1) is 6.10 Å². The molecule has 1 aromatic rings. The number of hydrogen-bond acceptors (Lipinski definition) is 2. The third-order valence-corrected chi connectivity index (χ3v) is 2.51. The first kappa shape index (κ1) is 9.46. The minimum Gasteiger partial charge on any atom is -0.491 e. The Kier molecular flexibility index (Phi) is 2.68. The van der Waals surface area contributed by atoms with E-state index in [2.05, 4.69) is 0 Å². The summed E-state index contributed by atoms with van der Waals surface area (Å²) in [6.45, 7) is -0.374. The summed E-state index contributed by atoms with van der Waals surface area (Å²) in [6.07, 6.45) is 1.32. The monoisotopic (exact) mass is 196 g/mol. The minimum absolute atomic E-state index is 0.0986. The van der Waals surface area contributed by atoms with Crippen LogP contribution in [-0.4, -0.2) is 18.4 Å². The summed E-state index contributed by atoms with van der Waals surface area (Å²) >= 11 is 0. The molecule has 3 heteroatoms. The predicted octanol–water partition coefficient (Wildman–Crippen LogP) is 2.01. The molecule has 0 unspecified atom stereocenters. The van der Waals surface area contributed by atoms with Crippen LogP contribution in [0.5, 0.6) is 5.75 Å². The average Bonchev–Trinajstić information content (AvgIpc) is 2.57. The molecule has 1 N–H and O–H groups in total. The molecule has 0 fully saturated rings. The van der Waals surface area contributed by atoms with E-state index in [4.69, 9.17) is 4.74 Å².